The molecule has 0 bridgehead atoms. The number of aliphatic hydroxyl groups excluding tert-OH is 2. The summed E-state index contributed by atoms with van der Waals surface area (Å²) >= 11 is 0. The van der Waals surface area contributed by atoms with Crippen molar-refractivity contribution in [1.82, 2.24) is 0 Å². The Balaban J connectivity index is 1.71. The Morgan fingerprint density at radius 1 is 0.909 bits per heavy atom. The fourth-order valence-electron chi connectivity index (χ4n) is 7.25. The van der Waals surface area contributed by atoms with Crippen LogP contribution in [0.3, 0.4) is 0 Å². The van der Waals surface area contributed by atoms with Crippen LogP contribution in [0.2, 0.25) is 0 Å². The quantitative estimate of drug-likeness (QED) is 0.645. The van der Waals surface area contributed by atoms with E-state index in [1.165, 1.54) is 32.1 Å². The molecule has 8 atom stereocenters. The highest BCUT2D eigenvalue weighted by molar-refractivity contribution is 5.16. The van der Waals surface area contributed by atoms with Gasteiger partial charge < -0.3 is 15.3 Å². The zero-order valence-electron chi connectivity index (χ0n) is 14.1. The molecule has 0 amide bonds. The number of hydrogen-bond donors (Lipinski definition) is 3. The van der Waals surface area contributed by atoms with Gasteiger partial charge in [0.2, 0.25) is 0 Å². The lowest BCUT2D eigenvalue weighted by atomic mass is 9.43. The Morgan fingerprint density at radius 2 is 1.68 bits per heavy atom. The van der Waals surface area contributed by atoms with E-state index in [0.717, 1.165) is 25.2 Å². The second kappa shape index (κ2) is 4.70. The second-order valence-corrected chi connectivity index (χ2v) is 9.45. The summed E-state index contributed by atoms with van der Waals surface area (Å²) in [7, 11) is 0. The van der Waals surface area contributed by atoms with Crippen LogP contribution in [0.25, 0.3) is 0 Å². The average Bonchev–Trinajstić information content (AvgIpc) is 2.84. The van der Waals surface area contributed by atoms with E-state index < -0.39 is 17.8 Å². The molecule has 3 heteroatoms. The lowest BCUT2D eigenvalue weighted by molar-refractivity contribution is -0.263. The smallest absolute Gasteiger partial charge is 0.0985 e. The monoisotopic (exact) mass is 308 g/mol. The SMILES string of the molecule is C[C@]12CCC[C@@H]1[C@@H]1C[C@H](O)[C@@]3(O)C[C@H](O)CC[C@@]3(C)[C@@H]1CC2. The number of fused-ring (bicyclic) bond motifs is 5. The third-order valence-electron chi connectivity index (χ3n) is 8.62. The Bertz CT molecular complexity index is 466. The third kappa shape index (κ3) is 1.79. The highest BCUT2D eigenvalue weighted by Gasteiger charge is 2.66. The summed E-state index contributed by atoms with van der Waals surface area (Å²) in [4.78, 5) is 0. The van der Waals surface area contributed by atoms with Gasteiger partial charge in [-0.15, -0.1) is 0 Å². The third-order valence-corrected chi connectivity index (χ3v) is 8.62. The summed E-state index contributed by atoms with van der Waals surface area (Å²) in [6.07, 6.45) is 8.06. The molecule has 3 N–H and O–H groups in total. The largest absolute Gasteiger partial charge is 0.393 e. The van der Waals surface area contributed by atoms with Crippen molar-refractivity contribution in [3.8, 4) is 0 Å². The molecule has 3 nitrogen and oxygen atoms in total. The van der Waals surface area contributed by atoms with Crippen molar-refractivity contribution in [3.63, 3.8) is 0 Å². The molecule has 0 saturated heterocycles. The highest BCUT2D eigenvalue weighted by atomic mass is 16.3. The van der Waals surface area contributed by atoms with Crippen molar-refractivity contribution in [3.05, 3.63) is 0 Å². The zero-order chi connectivity index (χ0) is 15.8. The van der Waals surface area contributed by atoms with E-state index in [1.54, 1.807) is 0 Å². The molecule has 4 aliphatic carbocycles. The topological polar surface area (TPSA) is 60.7 Å². The van der Waals surface area contributed by atoms with Crippen molar-refractivity contribution in [2.24, 2.45) is 28.6 Å². The van der Waals surface area contributed by atoms with Crippen LogP contribution in [0.1, 0.15) is 71.6 Å². The van der Waals surface area contributed by atoms with E-state index in [2.05, 4.69) is 13.8 Å². The summed E-state index contributed by atoms with van der Waals surface area (Å²) in [5.41, 5.74) is -0.836. The first-order valence-electron chi connectivity index (χ1n) is 9.39. The predicted octanol–water partition coefficient (Wildman–Crippen LogP) is 2.87. The Hall–Kier alpha value is -0.120. The molecule has 4 fully saturated rings. The molecule has 4 rings (SSSR count). The van der Waals surface area contributed by atoms with Crippen molar-refractivity contribution in [2.45, 2.75) is 89.4 Å². The molecule has 0 unspecified atom stereocenters. The van der Waals surface area contributed by atoms with Crippen molar-refractivity contribution in [1.29, 1.82) is 0 Å². The molecular weight excluding hydrogens is 276 g/mol. The van der Waals surface area contributed by atoms with Crippen molar-refractivity contribution < 1.29 is 15.3 Å². The second-order valence-electron chi connectivity index (χ2n) is 9.45. The molecule has 4 saturated carbocycles. The van der Waals surface area contributed by atoms with Gasteiger partial charge in [-0.1, -0.05) is 20.3 Å². The van der Waals surface area contributed by atoms with Gasteiger partial charge in [-0.3, -0.25) is 0 Å². The van der Waals surface area contributed by atoms with Crippen molar-refractivity contribution in [2.75, 3.05) is 0 Å². The van der Waals surface area contributed by atoms with Gasteiger partial charge in [-0.25, -0.2) is 0 Å². The van der Waals surface area contributed by atoms with Gasteiger partial charge in [0.1, 0.15) is 0 Å². The lowest BCUT2D eigenvalue weighted by Crippen LogP contribution is -2.68. The van der Waals surface area contributed by atoms with Gasteiger partial charge in [0.15, 0.2) is 0 Å². The van der Waals surface area contributed by atoms with E-state index in [0.29, 0.717) is 23.7 Å². The van der Waals surface area contributed by atoms with Crippen LogP contribution in [0.4, 0.5) is 0 Å². The van der Waals surface area contributed by atoms with Crippen LogP contribution < -0.4 is 0 Å². The summed E-state index contributed by atoms with van der Waals surface area (Å²) in [6, 6.07) is 0. The molecule has 0 radical (unpaired) electrons. The molecule has 126 valence electrons. The molecule has 22 heavy (non-hydrogen) atoms. The van der Waals surface area contributed by atoms with Gasteiger partial charge in [0.05, 0.1) is 17.8 Å². The van der Waals surface area contributed by atoms with Gasteiger partial charge in [0.25, 0.3) is 0 Å². The standard InChI is InChI=1S/C19H32O3/c1-17-7-3-4-14(17)13-10-16(21)19(22)11-12(20)5-9-18(19,2)15(13)6-8-17/h12-16,20-22H,3-11H2,1-2H3/t12-,13+,14-,15-,16+,17-,18+,19+/m1/s1. The van der Waals surface area contributed by atoms with E-state index in [1.807, 2.05) is 0 Å². The maximum Gasteiger partial charge on any atom is 0.0985 e. The number of hydrogen-bond acceptors (Lipinski definition) is 3. The van der Waals surface area contributed by atoms with Gasteiger partial charge in [0, 0.05) is 11.8 Å². The maximum atomic E-state index is 11.3. The summed E-state index contributed by atoms with van der Waals surface area (Å²) in [5, 5.41) is 32.2. The molecule has 0 aromatic heterocycles. The first kappa shape index (κ1) is 15.4. The molecule has 0 spiro atoms. The van der Waals surface area contributed by atoms with Crippen LogP contribution in [-0.2, 0) is 0 Å². The predicted molar refractivity (Wildman–Crippen MR) is 85.2 cm³/mol. The normalized spacial score (nSPS) is 61.2. The Labute approximate surface area is 134 Å². The molecular formula is C19H32O3. The fourth-order valence-corrected chi connectivity index (χ4v) is 7.25. The van der Waals surface area contributed by atoms with Crippen LogP contribution in [-0.4, -0.2) is 33.1 Å². The summed E-state index contributed by atoms with van der Waals surface area (Å²) in [6.45, 7) is 4.66. The minimum Gasteiger partial charge on any atom is -0.393 e. The minimum atomic E-state index is -1.09. The average molecular weight is 308 g/mol. The molecule has 4 aliphatic rings. The lowest BCUT2D eigenvalue weighted by Gasteiger charge is -2.65. The number of rotatable bonds is 0. The molecule has 0 aromatic carbocycles. The van der Waals surface area contributed by atoms with E-state index in [4.69, 9.17) is 0 Å². The summed E-state index contributed by atoms with van der Waals surface area (Å²) < 4.78 is 0. The van der Waals surface area contributed by atoms with Crippen LogP contribution >= 0.6 is 0 Å². The Kier molecular flexibility index (Phi) is 3.30. The van der Waals surface area contributed by atoms with Crippen LogP contribution in [0.15, 0.2) is 0 Å². The molecule has 0 aromatic rings. The Morgan fingerprint density at radius 3 is 2.45 bits per heavy atom. The van der Waals surface area contributed by atoms with E-state index in [9.17, 15) is 15.3 Å². The van der Waals surface area contributed by atoms with E-state index >= 15 is 0 Å². The number of aliphatic hydroxyl groups is 3. The van der Waals surface area contributed by atoms with Crippen molar-refractivity contribution >= 4 is 0 Å². The first-order valence-corrected chi connectivity index (χ1v) is 9.39. The summed E-state index contributed by atoms with van der Waals surface area (Å²) in [5.74, 6) is 1.82. The molecule has 0 heterocycles. The maximum absolute atomic E-state index is 11.3. The van der Waals surface area contributed by atoms with Gasteiger partial charge in [-0.05, 0) is 68.1 Å². The van der Waals surface area contributed by atoms with Crippen LogP contribution in [0.5, 0.6) is 0 Å². The fraction of sp³-hybridized carbons (Fsp3) is 1.00. The first-order chi connectivity index (χ1) is 10.3. The molecule has 0 aliphatic heterocycles. The van der Waals surface area contributed by atoms with Crippen LogP contribution in [0, 0.1) is 28.6 Å². The van der Waals surface area contributed by atoms with Gasteiger partial charge in [-0.2, -0.15) is 0 Å². The zero-order valence-corrected chi connectivity index (χ0v) is 14.1. The van der Waals surface area contributed by atoms with E-state index in [-0.39, 0.29) is 5.41 Å². The highest BCUT2D eigenvalue weighted by Crippen LogP contribution is 2.67. The minimum absolute atomic E-state index is 0.224. The van der Waals surface area contributed by atoms with Gasteiger partial charge >= 0.3 is 0 Å².